The molecule has 2 atom stereocenters. The van der Waals surface area contributed by atoms with Gasteiger partial charge in [0.15, 0.2) is 5.96 Å². The van der Waals surface area contributed by atoms with Crippen molar-refractivity contribution in [3.63, 3.8) is 0 Å². The number of likely N-dealkylation sites (N-methyl/N-ethyl adjacent to an activating group) is 1. The summed E-state index contributed by atoms with van der Waals surface area (Å²) in [6, 6.07) is 7.08. The van der Waals surface area contributed by atoms with Crippen molar-refractivity contribution in [2.24, 2.45) is 10.9 Å². The van der Waals surface area contributed by atoms with Gasteiger partial charge in [0.1, 0.15) is 11.5 Å². The van der Waals surface area contributed by atoms with Crippen LogP contribution >= 0.6 is 0 Å². The molecule has 0 amide bonds. The summed E-state index contributed by atoms with van der Waals surface area (Å²) in [6.45, 7) is 3.90. The second-order valence-electron chi connectivity index (χ2n) is 8.41. The lowest BCUT2D eigenvalue weighted by Gasteiger charge is -2.26. The van der Waals surface area contributed by atoms with E-state index in [2.05, 4.69) is 51.7 Å². The van der Waals surface area contributed by atoms with Crippen LogP contribution in [0.5, 0.6) is 11.5 Å². The van der Waals surface area contributed by atoms with Crippen LogP contribution in [0.25, 0.3) is 0 Å². The first-order chi connectivity index (χ1) is 14.0. The maximum absolute atomic E-state index is 5.40. The fourth-order valence-electron chi connectivity index (χ4n) is 4.15. The molecule has 2 aliphatic rings. The molecule has 1 aromatic rings. The summed E-state index contributed by atoms with van der Waals surface area (Å²) in [6.07, 6.45) is 3.81. The normalized spacial score (nSPS) is 21.3. The lowest BCUT2D eigenvalue weighted by Crippen LogP contribution is -2.49. The second kappa shape index (κ2) is 10.2. The third kappa shape index (κ3) is 6.24. The molecule has 1 aliphatic heterocycles. The standard InChI is InChI=1S/C22H37N5O2/c1-23-22(24-13-21(26(2)3)17-6-7-17)25-18-8-9-27(15-18)14-16-10-19(28-4)12-20(11-16)29-5/h10-12,17-18,21H,6-9,13-15H2,1-5H3,(H2,23,24,25). The molecule has 1 heterocycles. The van der Waals surface area contributed by atoms with E-state index in [1.807, 2.05) is 13.1 Å². The van der Waals surface area contributed by atoms with E-state index in [9.17, 15) is 0 Å². The van der Waals surface area contributed by atoms with Gasteiger partial charge in [0.05, 0.1) is 14.2 Å². The highest BCUT2D eigenvalue weighted by Gasteiger charge is 2.32. The number of guanidine groups is 1. The molecule has 2 N–H and O–H groups in total. The SMILES string of the molecule is CN=C(NCC(C1CC1)N(C)C)NC1CCN(Cc2cc(OC)cc(OC)c2)C1. The van der Waals surface area contributed by atoms with Crippen molar-refractivity contribution in [1.29, 1.82) is 0 Å². The summed E-state index contributed by atoms with van der Waals surface area (Å²) in [5.41, 5.74) is 1.21. The highest BCUT2D eigenvalue weighted by molar-refractivity contribution is 5.80. The first-order valence-corrected chi connectivity index (χ1v) is 10.6. The monoisotopic (exact) mass is 403 g/mol. The molecule has 7 nitrogen and oxygen atoms in total. The molecule has 3 rings (SSSR count). The van der Waals surface area contributed by atoms with E-state index in [4.69, 9.17) is 9.47 Å². The van der Waals surface area contributed by atoms with E-state index in [0.29, 0.717) is 12.1 Å². The number of hydrogen-bond donors (Lipinski definition) is 2. The fraction of sp³-hybridized carbons (Fsp3) is 0.682. The van der Waals surface area contributed by atoms with Gasteiger partial charge < -0.3 is 25.0 Å². The number of rotatable bonds is 9. The Balaban J connectivity index is 1.48. The summed E-state index contributed by atoms with van der Waals surface area (Å²) in [5.74, 6) is 3.41. The Hall–Kier alpha value is -1.99. The summed E-state index contributed by atoms with van der Waals surface area (Å²) in [4.78, 5) is 9.24. The minimum Gasteiger partial charge on any atom is -0.497 e. The molecule has 0 spiro atoms. The number of ether oxygens (including phenoxy) is 2. The number of hydrogen-bond acceptors (Lipinski definition) is 5. The van der Waals surface area contributed by atoms with Crippen LogP contribution < -0.4 is 20.1 Å². The van der Waals surface area contributed by atoms with Gasteiger partial charge in [-0.15, -0.1) is 0 Å². The van der Waals surface area contributed by atoms with Crippen LogP contribution in [0.3, 0.4) is 0 Å². The van der Waals surface area contributed by atoms with Crippen molar-refractivity contribution >= 4 is 5.96 Å². The Morgan fingerprint density at radius 1 is 1.17 bits per heavy atom. The van der Waals surface area contributed by atoms with Crippen LogP contribution in [0.4, 0.5) is 0 Å². The molecule has 29 heavy (non-hydrogen) atoms. The van der Waals surface area contributed by atoms with Crippen molar-refractivity contribution < 1.29 is 9.47 Å². The van der Waals surface area contributed by atoms with E-state index in [1.54, 1.807) is 14.2 Å². The minimum atomic E-state index is 0.410. The largest absolute Gasteiger partial charge is 0.497 e. The Labute approximate surface area is 175 Å². The number of nitrogens with zero attached hydrogens (tertiary/aromatic N) is 3. The highest BCUT2D eigenvalue weighted by atomic mass is 16.5. The summed E-state index contributed by atoms with van der Waals surface area (Å²) in [7, 11) is 9.58. The van der Waals surface area contributed by atoms with Gasteiger partial charge in [-0.25, -0.2) is 0 Å². The molecule has 1 aromatic carbocycles. The van der Waals surface area contributed by atoms with Crippen LogP contribution in [0, 0.1) is 5.92 Å². The number of aliphatic imine (C=N–C) groups is 1. The summed E-state index contributed by atoms with van der Waals surface area (Å²) < 4.78 is 10.8. The van der Waals surface area contributed by atoms with Gasteiger partial charge in [-0.05, 0) is 57.0 Å². The molecule has 7 heteroatoms. The quantitative estimate of drug-likeness (QED) is 0.484. The molecule has 1 aliphatic carbocycles. The van der Waals surface area contributed by atoms with Gasteiger partial charge in [-0.3, -0.25) is 9.89 Å². The van der Waals surface area contributed by atoms with E-state index in [1.165, 1.54) is 18.4 Å². The highest BCUT2D eigenvalue weighted by Crippen LogP contribution is 2.34. The fourth-order valence-corrected chi connectivity index (χ4v) is 4.15. The third-order valence-electron chi connectivity index (χ3n) is 5.96. The zero-order valence-electron chi connectivity index (χ0n) is 18.6. The van der Waals surface area contributed by atoms with E-state index < -0.39 is 0 Å². The molecule has 1 saturated heterocycles. The van der Waals surface area contributed by atoms with Crippen LogP contribution in [-0.2, 0) is 6.54 Å². The lowest BCUT2D eigenvalue weighted by atomic mass is 10.1. The lowest BCUT2D eigenvalue weighted by molar-refractivity contribution is 0.263. The van der Waals surface area contributed by atoms with Crippen molar-refractivity contribution in [2.75, 3.05) is 55.0 Å². The van der Waals surface area contributed by atoms with E-state index in [-0.39, 0.29) is 0 Å². The maximum Gasteiger partial charge on any atom is 0.191 e. The Morgan fingerprint density at radius 3 is 2.41 bits per heavy atom. The van der Waals surface area contributed by atoms with Gasteiger partial charge >= 0.3 is 0 Å². The predicted octanol–water partition coefficient (Wildman–Crippen LogP) is 1.78. The van der Waals surface area contributed by atoms with Gasteiger partial charge in [-0.2, -0.15) is 0 Å². The predicted molar refractivity (Wildman–Crippen MR) is 118 cm³/mol. The first-order valence-electron chi connectivity index (χ1n) is 10.6. The summed E-state index contributed by atoms with van der Waals surface area (Å²) in [5, 5.41) is 7.15. The molecule has 1 saturated carbocycles. The molecule has 162 valence electrons. The third-order valence-corrected chi connectivity index (χ3v) is 5.96. The molecular formula is C22H37N5O2. The maximum atomic E-state index is 5.40. The molecule has 0 aromatic heterocycles. The molecule has 0 bridgehead atoms. The molecule has 2 unspecified atom stereocenters. The van der Waals surface area contributed by atoms with Gasteiger partial charge in [0.25, 0.3) is 0 Å². The van der Waals surface area contributed by atoms with Gasteiger partial charge in [0, 0.05) is 51.4 Å². The average Bonchev–Trinajstić information content (AvgIpc) is 3.46. The van der Waals surface area contributed by atoms with Crippen LogP contribution in [0.2, 0.25) is 0 Å². The van der Waals surface area contributed by atoms with Crippen LogP contribution in [0.15, 0.2) is 23.2 Å². The zero-order valence-corrected chi connectivity index (χ0v) is 18.6. The van der Waals surface area contributed by atoms with Crippen molar-refractivity contribution in [3.05, 3.63) is 23.8 Å². The topological polar surface area (TPSA) is 61.4 Å². The van der Waals surface area contributed by atoms with Crippen LogP contribution in [-0.4, -0.2) is 82.8 Å². The smallest absolute Gasteiger partial charge is 0.191 e. The minimum absolute atomic E-state index is 0.410. The number of nitrogens with one attached hydrogen (secondary N) is 2. The molecular weight excluding hydrogens is 366 g/mol. The molecule has 0 radical (unpaired) electrons. The Morgan fingerprint density at radius 2 is 1.86 bits per heavy atom. The Bertz CT molecular complexity index is 666. The average molecular weight is 404 g/mol. The zero-order chi connectivity index (χ0) is 20.8. The van der Waals surface area contributed by atoms with Crippen molar-refractivity contribution in [1.82, 2.24) is 20.4 Å². The summed E-state index contributed by atoms with van der Waals surface area (Å²) >= 11 is 0. The van der Waals surface area contributed by atoms with Crippen molar-refractivity contribution in [2.45, 2.75) is 37.9 Å². The first kappa shape index (κ1) is 21.7. The molecule has 2 fully saturated rings. The number of methoxy groups -OCH3 is 2. The second-order valence-corrected chi connectivity index (χ2v) is 8.41. The number of benzene rings is 1. The van der Waals surface area contributed by atoms with Crippen LogP contribution in [0.1, 0.15) is 24.8 Å². The Kier molecular flexibility index (Phi) is 7.61. The van der Waals surface area contributed by atoms with Gasteiger partial charge in [0.2, 0.25) is 0 Å². The van der Waals surface area contributed by atoms with Gasteiger partial charge in [-0.1, -0.05) is 0 Å². The van der Waals surface area contributed by atoms with E-state index >= 15 is 0 Å². The van der Waals surface area contributed by atoms with E-state index in [0.717, 1.165) is 56.0 Å². The van der Waals surface area contributed by atoms with Crippen molar-refractivity contribution in [3.8, 4) is 11.5 Å². The number of likely N-dealkylation sites (tertiary alicyclic amines) is 1.